The number of amides is 1. The minimum atomic E-state index is -0.692. The first-order chi connectivity index (χ1) is 15.3. The number of hydrogen-bond donors (Lipinski definition) is 2. The van der Waals surface area contributed by atoms with Gasteiger partial charge in [-0.15, -0.1) is 0 Å². The maximum atomic E-state index is 11.3. The molecule has 7 nitrogen and oxygen atoms in total. The zero-order valence-electron chi connectivity index (χ0n) is 18.7. The first kappa shape index (κ1) is 21.4. The molecule has 2 atom stereocenters. The summed E-state index contributed by atoms with van der Waals surface area (Å²) in [5, 5.41) is 4.65. The number of primary amides is 1. The van der Waals surface area contributed by atoms with Gasteiger partial charge in [0.25, 0.3) is 5.91 Å². The van der Waals surface area contributed by atoms with E-state index in [1.165, 1.54) is 5.39 Å². The molecule has 4 aromatic rings. The van der Waals surface area contributed by atoms with Crippen LogP contribution in [0.3, 0.4) is 0 Å². The lowest BCUT2D eigenvalue weighted by molar-refractivity contribution is -0.123. The largest absolute Gasteiger partial charge is 0.481 e. The zero-order chi connectivity index (χ0) is 22.8. The molecule has 0 aliphatic rings. The monoisotopic (exact) mass is 429 g/mol. The van der Waals surface area contributed by atoms with Crippen LogP contribution in [0.15, 0.2) is 60.8 Å². The van der Waals surface area contributed by atoms with E-state index in [2.05, 4.69) is 50.3 Å². The van der Waals surface area contributed by atoms with Crippen molar-refractivity contribution in [2.45, 2.75) is 32.9 Å². The van der Waals surface area contributed by atoms with Crippen LogP contribution in [0.2, 0.25) is 0 Å². The van der Waals surface area contributed by atoms with Crippen molar-refractivity contribution in [1.82, 2.24) is 14.5 Å². The van der Waals surface area contributed by atoms with Gasteiger partial charge in [-0.3, -0.25) is 4.79 Å². The summed E-state index contributed by atoms with van der Waals surface area (Å²) in [5.41, 5.74) is 9.36. The Balaban J connectivity index is 1.57. The second-order valence-electron chi connectivity index (χ2n) is 7.99. The van der Waals surface area contributed by atoms with E-state index in [4.69, 9.17) is 10.5 Å². The molecule has 0 aliphatic heterocycles. The number of nitrogens with zero attached hydrogens (tertiary/aromatic N) is 3. The van der Waals surface area contributed by atoms with E-state index in [0.29, 0.717) is 11.6 Å². The second kappa shape index (κ2) is 8.70. The van der Waals surface area contributed by atoms with Crippen molar-refractivity contribution >= 4 is 22.6 Å². The number of nitrogens with two attached hydrogens (primary N) is 1. The van der Waals surface area contributed by atoms with Gasteiger partial charge in [0.15, 0.2) is 6.10 Å². The van der Waals surface area contributed by atoms with Gasteiger partial charge in [0, 0.05) is 30.4 Å². The highest BCUT2D eigenvalue weighted by molar-refractivity contribution is 5.85. The molecule has 0 radical (unpaired) electrons. The van der Waals surface area contributed by atoms with Gasteiger partial charge in [0.05, 0.1) is 11.7 Å². The summed E-state index contributed by atoms with van der Waals surface area (Å²) in [5.74, 6) is 1.53. The van der Waals surface area contributed by atoms with Crippen LogP contribution < -0.4 is 15.8 Å². The van der Waals surface area contributed by atoms with Crippen LogP contribution in [0, 0.1) is 6.92 Å². The summed E-state index contributed by atoms with van der Waals surface area (Å²) in [4.78, 5) is 20.5. The van der Waals surface area contributed by atoms with Crippen LogP contribution in [0.4, 0.5) is 5.82 Å². The van der Waals surface area contributed by atoms with Crippen LogP contribution in [0.1, 0.15) is 31.3 Å². The zero-order valence-corrected chi connectivity index (χ0v) is 18.7. The Morgan fingerprint density at radius 1 is 1.09 bits per heavy atom. The molecular formula is C25H27N5O2. The Morgan fingerprint density at radius 2 is 1.91 bits per heavy atom. The van der Waals surface area contributed by atoms with Gasteiger partial charge in [-0.05, 0) is 56.0 Å². The Morgan fingerprint density at radius 3 is 2.69 bits per heavy atom. The van der Waals surface area contributed by atoms with Gasteiger partial charge in [0.1, 0.15) is 17.4 Å². The Hall–Kier alpha value is -3.87. The average Bonchev–Trinajstić information content (AvgIpc) is 3.13. The molecule has 3 N–H and O–H groups in total. The highest BCUT2D eigenvalue weighted by Gasteiger charge is 2.13. The van der Waals surface area contributed by atoms with Crippen molar-refractivity contribution < 1.29 is 9.53 Å². The maximum Gasteiger partial charge on any atom is 0.258 e. The van der Waals surface area contributed by atoms with Gasteiger partial charge in [0.2, 0.25) is 0 Å². The van der Waals surface area contributed by atoms with Gasteiger partial charge in [-0.25, -0.2) is 9.97 Å². The first-order valence-electron chi connectivity index (χ1n) is 10.5. The van der Waals surface area contributed by atoms with E-state index in [1.807, 2.05) is 51.2 Å². The predicted octanol–water partition coefficient (Wildman–Crippen LogP) is 4.37. The van der Waals surface area contributed by atoms with Crippen molar-refractivity contribution in [3.63, 3.8) is 0 Å². The van der Waals surface area contributed by atoms with Crippen LogP contribution in [-0.4, -0.2) is 26.5 Å². The molecule has 0 spiro atoms. The van der Waals surface area contributed by atoms with Crippen molar-refractivity contribution in [1.29, 1.82) is 0 Å². The lowest BCUT2D eigenvalue weighted by Gasteiger charge is -2.18. The molecule has 1 amide bonds. The molecule has 4 rings (SSSR count). The predicted molar refractivity (Wildman–Crippen MR) is 126 cm³/mol. The van der Waals surface area contributed by atoms with Crippen molar-refractivity contribution in [3.8, 4) is 17.0 Å². The van der Waals surface area contributed by atoms with E-state index in [-0.39, 0.29) is 6.04 Å². The van der Waals surface area contributed by atoms with Crippen molar-refractivity contribution in [2.75, 3.05) is 5.32 Å². The maximum absolute atomic E-state index is 11.3. The number of rotatable bonds is 7. The highest BCUT2D eigenvalue weighted by Crippen LogP contribution is 2.27. The molecule has 164 valence electrons. The number of benzene rings is 2. The quantitative estimate of drug-likeness (QED) is 0.455. The van der Waals surface area contributed by atoms with Crippen molar-refractivity contribution in [2.24, 2.45) is 12.8 Å². The summed E-state index contributed by atoms with van der Waals surface area (Å²) in [6.45, 7) is 5.57. The average molecular weight is 430 g/mol. The fraction of sp³-hybridized carbons (Fsp3) is 0.240. The minimum Gasteiger partial charge on any atom is -0.481 e. The number of nitrogens with one attached hydrogen (secondary N) is 1. The fourth-order valence-corrected chi connectivity index (χ4v) is 3.64. The fourth-order valence-electron chi connectivity index (χ4n) is 3.64. The van der Waals surface area contributed by atoms with E-state index in [0.717, 1.165) is 28.2 Å². The number of ether oxygens (including phenoxy) is 1. The van der Waals surface area contributed by atoms with E-state index >= 15 is 0 Å². The molecule has 0 saturated heterocycles. The molecule has 0 bridgehead atoms. The van der Waals surface area contributed by atoms with E-state index < -0.39 is 12.0 Å². The van der Waals surface area contributed by atoms with Gasteiger partial charge < -0.3 is 20.4 Å². The molecule has 2 unspecified atom stereocenters. The third-order valence-electron chi connectivity index (χ3n) is 5.46. The summed E-state index contributed by atoms with van der Waals surface area (Å²) in [6.07, 6.45) is 1.36. The summed E-state index contributed by atoms with van der Waals surface area (Å²) in [6, 6.07) is 17.9. The minimum absolute atomic E-state index is 0.0417. The Kier molecular flexibility index (Phi) is 5.81. The van der Waals surface area contributed by atoms with Gasteiger partial charge in [-0.1, -0.05) is 24.3 Å². The molecule has 2 aromatic heterocycles. The van der Waals surface area contributed by atoms with Crippen LogP contribution >= 0.6 is 0 Å². The van der Waals surface area contributed by atoms with E-state index in [1.54, 1.807) is 6.92 Å². The molecule has 0 saturated carbocycles. The first-order valence-corrected chi connectivity index (χ1v) is 10.5. The molecule has 7 heteroatoms. The smallest absolute Gasteiger partial charge is 0.258 e. The Bertz CT molecular complexity index is 1280. The normalized spacial score (nSPS) is 13.0. The number of carbonyl (C=O) groups is 1. The summed E-state index contributed by atoms with van der Waals surface area (Å²) < 4.78 is 7.72. The topological polar surface area (TPSA) is 95.1 Å². The number of hydrogen-bond acceptors (Lipinski definition) is 5. The number of carbonyl (C=O) groups excluding carboxylic acids is 1. The summed E-state index contributed by atoms with van der Waals surface area (Å²) in [7, 11) is 2.04. The Labute approximate surface area is 187 Å². The molecule has 32 heavy (non-hydrogen) atoms. The summed E-state index contributed by atoms with van der Waals surface area (Å²) >= 11 is 0. The number of aromatic nitrogens is 3. The lowest BCUT2D eigenvalue weighted by Crippen LogP contribution is -2.30. The molecule has 0 fully saturated rings. The van der Waals surface area contributed by atoms with Crippen LogP contribution in [0.5, 0.6) is 5.75 Å². The number of aryl methyl sites for hydroxylation is 2. The van der Waals surface area contributed by atoms with Crippen molar-refractivity contribution in [3.05, 3.63) is 72.2 Å². The highest BCUT2D eigenvalue weighted by atomic mass is 16.5. The molecule has 2 aromatic carbocycles. The van der Waals surface area contributed by atoms with Crippen LogP contribution in [-0.2, 0) is 11.8 Å². The number of anilines is 1. The SMILES string of the molecule is Cc1nc(NC(C)c2cccc(OC(C)C(N)=O)c2)cc(-c2ccc3ccn(C)c3c2)n1. The second-order valence-corrected chi connectivity index (χ2v) is 7.99. The van der Waals surface area contributed by atoms with E-state index in [9.17, 15) is 4.79 Å². The van der Waals surface area contributed by atoms with Crippen LogP contribution in [0.25, 0.3) is 22.2 Å². The van der Waals surface area contributed by atoms with Gasteiger partial charge in [-0.2, -0.15) is 0 Å². The molecular weight excluding hydrogens is 402 g/mol. The molecule has 2 heterocycles. The van der Waals surface area contributed by atoms with Gasteiger partial charge >= 0.3 is 0 Å². The number of fused-ring (bicyclic) bond motifs is 1. The molecule has 0 aliphatic carbocycles. The standard InChI is InChI=1S/C25H27N5O2/c1-15(19-6-5-7-21(12-19)32-16(2)25(26)31)27-24-14-22(28-17(3)29-24)20-9-8-18-10-11-30(4)23(18)13-20/h5-16H,1-4H3,(H2,26,31)(H,27,28,29). The third-order valence-corrected chi connectivity index (χ3v) is 5.46. The third kappa shape index (κ3) is 4.56. The lowest BCUT2D eigenvalue weighted by atomic mass is 10.1.